The van der Waals surface area contributed by atoms with Gasteiger partial charge in [0.1, 0.15) is 5.69 Å². The molecular formula is C24H35N3O2. The summed E-state index contributed by atoms with van der Waals surface area (Å²) in [5, 5.41) is 11.8. The second-order valence-electron chi connectivity index (χ2n) is 10.3. The van der Waals surface area contributed by atoms with Crippen molar-refractivity contribution in [3.05, 3.63) is 34.4 Å². The standard InChI is InChI=1S/C24H35N3O2/c25-19-14-20-9-10-21(18-12-16-5-1-2-6-17(11-16)13-18)24(15-19)26(20)22-7-3-4-8-23(22)27(28)29/h3-4,7-8,16-21,24H,1-2,5-6,9-15,25H2. The molecule has 2 N–H and O–H groups in total. The van der Waals surface area contributed by atoms with Gasteiger partial charge in [-0.05, 0) is 74.7 Å². The van der Waals surface area contributed by atoms with Gasteiger partial charge in [0.15, 0.2) is 0 Å². The Morgan fingerprint density at radius 1 is 0.931 bits per heavy atom. The Morgan fingerprint density at radius 3 is 2.38 bits per heavy atom. The van der Waals surface area contributed by atoms with Gasteiger partial charge < -0.3 is 10.6 Å². The maximum atomic E-state index is 11.8. The summed E-state index contributed by atoms with van der Waals surface area (Å²) in [5.41, 5.74) is 7.60. The van der Waals surface area contributed by atoms with Gasteiger partial charge in [-0.25, -0.2) is 0 Å². The number of nitro benzene ring substituents is 1. The highest BCUT2D eigenvalue weighted by atomic mass is 16.6. The zero-order valence-corrected chi connectivity index (χ0v) is 17.4. The van der Waals surface area contributed by atoms with Crippen molar-refractivity contribution in [1.82, 2.24) is 0 Å². The molecule has 4 fully saturated rings. The van der Waals surface area contributed by atoms with E-state index < -0.39 is 0 Å². The van der Waals surface area contributed by atoms with Crippen LogP contribution >= 0.6 is 0 Å². The maximum absolute atomic E-state index is 11.8. The fraction of sp³-hybridized carbons (Fsp3) is 0.750. The third-order valence-electron chi connectivity index (χ3n) is 8.57. The quantitative estimate of drug-likeness (QED) is 0.556. The van der Waals surface area contributed by atoms with E-state index in [1.807, 2.05) is 12.1 Å². The summed E-state index contributed by atoms with van der Waals surface area (Å²) in [6.45, 7) is 0. The smallest absolute Gasteiger partial charge is 0.292 e. The second kappa shape index (κ2) is 7.90. The molecule has 6 atom stereocenters. The molecule has 0 spiro atoms. The zero-order valence-electron chi connectivity index (χ0n) is 17.4. The average molecular weight is 398 g/mol. The first-order valence-corrected chi connectivity index (χ1v) is 11.9. The molecule has 1 aromatic carbocycles. The van der Waals surface area contributed by atoms with E-state index in [0.29, 0.717) is 18.0 Å². The van der Waals surface area contributed by atoms with Crippen LogP contribution in [-0.4, -0.2) is 23.0 Å². The average Bonchev–Trinajstić information content (AvgIpc) is 2.87. The maximum Gasteiger partial charge on any atom is 0.292 e. The molecule has 2 heterocycles. The highest BCUT2D eigenvalue weighted by Gasteiger charge is 2.47. The summed E-state index contributed by atoms with van der Waals surface area (Å²) in [5.74, 6) is 3.24. The molecular weight excluding hydrogens is 362 g/mol. The van der Waals surface area contributed by atoms with Crippen molar-refractivity contribution < 1.29 is 4.92 Å². The topological polar surface area (TPSA) is 72.4 Å². The van der Waals surface area contributed by atoms with Crippen LogP contribution in [0.15, 0.2) is 24.3 Å². The van der Waals surface area contributed by atoms with E-state index >= 15 is 0 Å². The molecule has 2 saturated heterocycles. The van der Waals surface area contributed by atoms with Gasteiger partial charge >= 0.3 is 0 Å². The molecule has 5 nitrogen and oxygen atoms in total. The molecule has 158 valence electrons. The summed E-state index contributed by atoms with van der Waals surface area (Å²) < 4.78 is 0. The minimum Gasteiger partial charge on any atom is -0.360 e. The second-order valence-corrected chi connectivity index (χ2v) is 10.3. The molecule has 5 heteroatoms. The molecule has 2 saturated carbocycles. The van der Waals surface area contributed by atoms with Crippen molar-refractivity contribution in [2.45, 2.75) is 88.8 Å². The predicted molar refractivity (Wildman–Crippen MR) is 116 cm³/mol. The molecule has 2 aliphatic carbocycles. The highest BCUT2D eigenvalue weighted by molar-refractivity contribution is 5.65. The Balaban J connectivity index is 1.47. The van der Waals surface area contributed by atoms with Crippen molar-refractivity contribution in [3.8, 4) is 0 Å². The summed E-state index contributed by atoms with van der Waals surface area (Å²) in [4.78, 5) is 14.0. The van der Waals surface area contributed by atoms with Crippen LogP contribution in [0, 0.1) is 33.8 Å². The summed E-state index contributed by atoms with van der Waals surface area (Å²) in [6, 6.07) is 8.34. The summed E-state index contributed by atoms with van der Waals surface area (Å²) >= 11 is 0. The van der Waals surface area contributed by atoms with Crippen LogP contribution in [-0.2, 0) is 0 Å². The van der Waals surface area contributed by atoms with E-state index in [9.17, 15) is 10.1 Å². The number of hydrogen-bond donors (Lipinski definition) is 1. The largest absolute Gasteiger partial charge is 0.360 e. The summed E-state index contributed by atoms with van der Waals surface area (Å²) in [6.07, 6.45) is 14.2. The first kappa shape index (κ1) is 19.3. The number of anilines is 1. The number of nitrogens with two attached hydrogens (primary N) is 1. The lowest BCUT2D eigenvalue weighted by Gasteiger charge is -2.55. The number of fused-ring (bicyclic) bond motifs is 4. The first-order chi connectivity index (χ1) is 14.1. The molecule has 0 amide bonds. The van der Waals surface area contributed by atoms with Crippen molar-refractivity contribution in [3.63, 3.8) is 0 Å². The molecule has 1 aromatic rings. The van der Waals surface area contributed by atoms with Crippen LogP contribution in [0.3, 0.4) is 0 Å². The van der Waals surface area contributed by atoms with E-state index in [-0.39, 0.29) is 16.7 Å². The van der Waals surface area contributed by atoms with Crippen LogP contribution in [0.5, 0.6) is 0 Å². The molecule has 6 unspecified atom stereocenters. The lowest BCUT2D eigenvalue weighted by molar-refractivity contribution is -0.384. The fourth-order valence-corrected chi connectivity index (χ4v) is 7.53. The first-order valence-electron chi connectivity index (χ1n) is 11.9. The Hall–Kier alpha value is -1.62. The van der Waals surface area contributed by atoms with Crippen LogP contribution in [0.4, 0.5) is 11.4 Å². The Kier molecular flexibility index (Phi) is 5.27. The van der Waals surface area contributed by atoms with Crippen molar-refractivity contribution in [1.29, 1.82) is 0 Å². The molecule has 29 heavy (non-hydrogen) atoms. The Morgan fingerprint density at radius 2 is 1.66 bits per heavy atom. The van der Waals surface area contributed by atoms with Crippen molar-refractivity contribution >= 4 is 11.4 Å². The monoisotopic (exact) mass is 397 g/mol. The highest BCUT2D eigenvalue weighted by Crippen LogP contribution is 2.51. The normalized spacial score (nSPS) is 39.6. The van der Waals surface area contributed by atoms with Crippen LogP contribution in [0.1, 0.15) is 70.6 Å². The van der Waals surface area contributed by atoms with Crippen LogP contribution < -0.4 is 10.6 Å². The van der Waals surface area contributed by atoms with Gasteiger partial charge in [-0.3, -0.25) is 10.1 Å². The van der Waals surface area contributed by atoms with Gasteiger partial charge in [-0.15, -0.1) is 0 Å². The van der Waals surface area contributed by atoms with Gasteiger partial charge in [0.25, 0.3) is 5.69 Å². The minimum absolute atomic E-state index is 0.205. The number of para-hydroxylation sites is 2. The molecule has 0 radical (unpaired) electrons. The van der Waals surface area contributed by atoms with E-state index in [2.05, 4.69) is 4.90 Å². The zero-order chi connectivity index (χ0) is 20.0. The van der Waals surface area contributed by atoms with Gasteiger partial charge in [-0.1, -0.05) is 37.8 Å². The predicted octanol–water partition coefficient (Wildman–Crippen LogP) is 5.28. The number of nitro groups is 1. The number of rotatable bonds is 3. The van der Waals surface area contributed by atoms with Gasteiger partial charge in [0.2, 0.25) is 0 Å². The SMILES string of the molecule is NC1CC2CCC(C3CC4CCCCC(C4)C3)C(C1)N2c1ccccc1[N+](=O)[O-]. The van der Waals surface area contributed by atoms with E-state index in [1.54, 1.807) is 12.1 Å². The fourth-order valence-electron chi connectivity index (χ4n) is 7.53. The number of nitrogens with zero attached hydrogens (tertiary/aromatic N) is 2. The molecule has 2 aliphatic heterocycles. The minimum atomic E-state index is -0.205. The number of benzene rings is 1. The van der Waals surface area contributed by atoms with E-state index in [0.717, 1.165) is 42.7 Å². The summed E-state index contributed by atoms with van der Waals surface area (Å²) in [7, 11) is 0. The van der Waals surface area contributed by atoms with Crippen molar-refractivity contribution in [2.75, 3.05) is 4.90 Å². The van der Waals surface area contributed by atoms with E-state index in [1.165, 1.54) is 51.4 Å². The third kappa shape index (κ3) is 3.67. The van der Waals surface area contributed by atoms with Crippen molar-refractivity contribution in [2.24, 2.45) is 29.4 Å². The Bertz CT molecular complexity index is 739. The number of piperidine rings is 2. The van der Waals surface area contributed by atoms with Gasteiger partial charge in [-0.2, -0.15) is 0 Å². The molecule has 0 aromatic heterocycles. The van der Waals surface area contributed by atoms with Crippen LogP contribution in [0.25, 0.3) is 0 Å². The third-order valence-corrected chi connectivity index (χ3v) is 8.57. The molecule has 4 aliphatic rings. The lowest BCUT2D eigenvalue weighted by atomic mass is 9.63. The van der Waals surface area contributed by atoms with Gasteiger partial charge in [0.05, 0.1) is 4.92 Å². The molecule has 4 bridgehead atoms. The van der Waals surface area contributed by atoms with Crippen LogP contribution in [0.2, 0.25) is 0 Å². The Labute approximate surface area is 174 Å². The van der Waals surface area contributed by atoms with E-state index in [4.69, 9.17) is 5.73 Å². The van der Waals surface area contributed by atoms with Gasteiger partial charge in [0, 0.05) is 24.2 Å². The lowest BCUT2D eigenvalue weighted by Crippen LogP contribution is -2.60. The number of hydrogen-bond acceptors (Lipinski definition) is 4. The molecule has 5 rings (SSSR count).